The molecule has 0 aliphatic carbocycles. The maximum absolute atomic E-state index is 12.4. The van der Waals surface area contributed by atoms with E-state index in [9.17, 15) is 8.42 Å². The van der Waals surface area contributed by atoms with Gasteiger partial charge in [-0.2, -0.15) is 0 Å². The van der Waals surface area contributed by atoms with Crippen LogP contribution in [0.4, 0.5) is 11.6 Å². The maximum atomic E-state index is 12.4. The van der Waals surface area contributed by atoms with E-state index in [-0.39, 0.29) is 23.0 Å². The summed E-state index contributed by atoms with van der Waals surface area (Å²) in [4.78, 5) is 7.82. The zero-order valence-corrected chi connectivity index (χ0v) is 16.4. The van der Waals surface area contributed by atoms with Gasteiger partial charge in [-0.3, -0.25) is 0 Å². The Morgan fingerprint density at radius 1 is 1.26 bits per heavy atom. The van der Waals surface area contributed by atoms with Crippen molar-refractivity contribution >= 4 is 39.0 Å². The topological polar surface area (TPSA) is 105 Å². The van der Waals surface area contributed by atoms with Gasteiger partial charge in [0.1, 0.15) is 0 Å². The lowest BCUT2D eigenvalue weighted by molar-refractivity contribution is 0.0895. The van der Waals surface area contributed by atoms with E-state index in [4.69, 9.17) is 17.0 Å². The lowest BCUT2D eigenvalue weighted by Gasteiger charge is -2.22. The van der Waals surface area contributed by atoms with Crippen LogP contribution in [0.5, 0.6) is 0 Å². The molecule has 0 spiro atoms. The fourth-order valence-electron chi connectivity index (χ4n) is 2.71. The van der Waals surface area contributed by atoms with Gasteiger partial charge in [-0.05, 0) is 62.3 Å². The van der Waals surface area contributed by atoms with Crippen molar-refractivity contribution < 1.29 is 13.2 Å². The summed E-state index contributed by atoms with van der Waals surface area (Å²) >= 11 is 5.32. The molecule has 1 saturated heterocycles. The van der Waals surface area contributed by atoms with Crippen LogP contribution in [-0.2, 0) is 14.8 Å². The van der Waals surface area contributed by atoms with Crippen molar-refractivity contribution in [3.05, 3.63) is 42.7 Å². The van der Waals surface area contributed by atoms with Gasteiger partial charge in [0, 0.05) is 24.7 Å². The fraction of sp³-hybridized carbons (Fsp3) is 0.353. The van der Waals surface area contributed by atoms with Crippen LogP contribution in [0.25, 0.3) is 0 Å². The number of sulfonamides is 1. The van der Waals surface area contributed by atoms with E-state index >= 15 is 0 Å². The second kappa shape index (κ2) is 8.59. The summed E-state index contributed by atoms with van der Waals surface area (Å²) in [6.45, 7) is 2.81. The number of thiocarbonyl (C=S) groups is 1. The normalized spacial score (nSPS) is 17.9. The molecule has 2 heterocycles. The third-order valence-electron chi connectivity index (χ3n) is 4.10. The number of anilines is 2. The molecule has 8 nitrogen and oxygen atoms in total. The van der Waals surface area contributed by atoms with E-state index in [0.717, 1.165) is 19.4 Å². The minimum atomic E-state index is -3.76. The molecule has 1 fully saturated rings. The standard InChI is InChI=1S/C17H21N5O3S2/c1-12(15-4-2-11-25-15)20-17(26)21-13-5-7-14(8-6-13)27(23,24)22-16-18-9-3-10-19-16/h3,5-10,12,15H,2,4,11H2,1H3,(H,18,19,22)(H2,20,21,26). The molecule has 27 heavy (non-hydrogen) atoms. The van der Waals surface area contributed by atoms with Crippen molar-refractivity contribution in [1.29, 1.82) is 0 Å². The minimum absolute atomic E-state index is 0.0215. The Bertz CT molecular complexity index is 869. The van der Waals surface area contributed by atoms with Crippen molar-refractivity contribution in [3.63, 3.8) is 0 Å². The molecular formula is C17H21N5O3S2. The van der Waals surface area contributed by atoms with E-state index in [1.165, 1.54) is 24.5 Å². The molecule has 1 aromatic heterocycles. The second-order valence-corrected chi connectivity index (χ2v) is 8.23. The number of hydrogen-bond acceptors (Lipinski definition) is 6. The molecule has 0 saturated carbocycles. The summed E-state index contributed by atoms with van der Waals surface area (Å²) in [5.41, 5.74) is 0.682. The van der Waals surface area contributed by atoms with Crippen molar-refractivity contribution in [2.45, 2.75) is 36.8 Å². The number of rotatable bonds is 6. The van der Waals surface area contributed by atoms with Gasteiger partial charge < -0.3 is 15.4 Å². The van der Waals surface area contributed by atoms with Gasteiger partial charge in [-0.25, -0.2) is 23.1 Å². The van der Waals surface area contributed by atoms with Crippen LogP contribution in [0.3, 0.4) is 0 Å². The van der Waals surface area contributed by atoms with Crippen molar-refractivity contribution in [1.82, 2.24) is 15.3 Å². The van der Waals surface area contributed by atoms with Gasteiger partial charge in [0.05, 0.1) is 17.0 Å². The number of aromatic nitrogens is 2. The van der Waals surface area contributed by atoms with Crippen LogP contribution in [0.1, 0.15) is 19.8 Å². The number of nitrogens with one attached hydrogen (secondary N) is 3. The molecule has 1 aliphatic rings. The predicted octanol–water partition coefficient (Wildman–Crippen LogP) is 2.13. The van der Waals surface area contributed by atoms with Gasteiger partial charge in [0.25, 0.3) is 10.0 Å². The van der Waals surface area contributed by atoms with Crippen LogP contribution in [0, 0.1) is 0 Å². The van der Waals surface area contributed by atoms with Gasteiger partial charge in [0.15, 0.2) is 5.11 Å². The zero-order chi connectivity index (χ0) is 19.3. The molecule has 2 aromatic rings. The summed E-state index contributed by atoms with van der Waals surface area (Å²) in [5, 5.41) is 6.71. The Kier molecular flexibility index (Phi) is 6.19. The number of nitrogens with zero attached hydrogens (tertiary/aromatic N) is 2. The molecular weight excluding hydrogens is 386 g/mol. The summed E-state index contributed by atoms with van der Waals surface area (Å²) in [5.74, 6) is 0.0215. The Labute approximate surface area is 163 Å². The van der Waals surface area contributed by atoms with E-state index in [1.807, 2.05) is 6.92 Å². The molecule has 2 unspecified atom stereocenters. The smallest absolute Gasteiger partial charge is 0.264 e. The molecule has 0 bridgehead atoms. The van der Waals surface area contributed by atoms with Gasteiger partial charge in [-0.15, -0.1) is 0 Å². The summed E-state index contributed by atoms with van der Waals surface area (Å²) < 4.78 is 32.7. The molecule has 2 atom stereocenters. The number of hydrogen-bond donors (Lipinski definition) is 3. The van der Waals surface area contributed by atoms with Gasteiger partial charge in [0.2, 0.25) is 5.95 Å². The summed E-state index contributed by atoms with van der Waals surface area (Å²) in [7, 11) is -3.76. The zero-order valence-electron chi connectivity index (χ0n) is 14.8. The molecule has 1 aliphatic heterocycles. The molecule has 3 N–H and O–H groups in total. The summed E-state index contributed by atoms with van der Waals surface area (Å²) in [6.07, 6.45) is 5.16. The quantitative estimate of drug-likeness (QED) is 0.626. The van der Waals surface area contributed by atoms with Gasteiger partial charge >= 0.3 is 0 Å². The first-order valence-corrected chi connectivity index (χ1v) is 10.4. The Morgan fingerprint density at radius 3 is 2.59 bits per heavy atom. The third kappa shape index (κ3) is 5.34. The first-order valence-electron chi connectivity index (χ1n) is 8.53. The Hall–Kier alpha value is -2.30. The second-order valence-electron chi connectivity index (χ2n) is 6.14. The van der Waals surface area contributed by atoms with Crippen LogP contribution >= 0.6 is 12.2 Å². The highest BCUT2D eigenvalue weighted by Gasteiger charge is 2.22. The number of ether oxygens (including phenoxy) is 1. The molecule has 10 heteroatoms. The fourth-order valence-corrected chi connectivity index (χ4v) is 3.97. The Balaban J connectivity index is 1.58. The van der Waals surface area contributed by atoms with Crippen LogP contribution in [-0.4, -0.2) is 42.3 Å². The maximum Gasteiger partial charge on any atom is 0.264 e. The minimum Gasteiger partial charge on any atom is -0.376 e. The highest BCUT2D eigenvalue weighted by Crippen LogP contribution is 2.17. The molecule has 1 aromatic carbocycles. The molecule has 0 amide bonds. The first-order chi connectivity index (χ1) is 12.9. The Morgan fingerprint density at radius 2 is 1.96 bits per heavy atom. The lowest BCUT2D eigenvalue weighted by atomic mass is 10.1. The molecule has 0 radical (unpaired) electrons. The van der Waals surface area contributed by atoms with E-state index < -0.39 is 10.0 Å². The average Bonchev–Trinajstić information content (AvgIpc) is 3.17. The van der Waals surface area contributed by atoms with Crippen LogP contribution in [0.2, 0.25) is 0 Å². The largest absolute Gasteiger partial charge is 0.376 e. The highest BCUT2D eigenvalue weighted by molar-refractivity contribution is 7.92. The predicted molar refractivity (Wildman–Crippen MR) is 107 cm³/mol. The van der Waals surface area contributed by atoms with E-state index in [2.05, 4.69) is 25.3 Å². The van der Waals surface area contributed by atoms with Crippen molar-refractivity contribution in [3.8, 4) is 0 Å². The molecule has 144 valence electrons. The highest BCUT2D eigenvalue weighted by atomic mass is 32.2. The van der Waals surface area contributed by atoms with Crippen molar-refractivity contribution in [2.24, 2.45) is 0 Å². The van der Waals surface area contributed by atoms with E-state index in [1.54, 1.807) is 18.2 Å². The number of benzene rings is 1. The van der Waals surface area contributed by atoms with Crippen molar-refractivity contribution in [2.75, 3.05) is 16.6 Å². The van der Waals surface area contributed by atoms with Gasteiger partial charge in [-0.1, -0.05) is 0 Å². The average molecular weight is 408 g/mol. The summed E-state index contributed by atoms with van der Waals surface area (Å²) in [6, 6.07) is 7.96. The lowest BCUT2D eigenvalue weighted by Crippen LogP contribution is -2.42. The van der Waals surface area contributed by atoms with E-state index in [0.29, 0.717) is 10.8 Å². The van der Waals surface area contributed by atoms with Crippen LogP contribution < -0.4 is 15.4 Å². The monoisotopic (exact) mass is 407 g/mol. The first kappa shape index (κ1) is 19.5. The SMILES string of the molecule is CC(NC(=S)Nc1ccc(S(=O)(=O)Nc2ncccn2)cc1)C1CCCO1. The van der Waals surface area contributed by atoms with Crippen LogP contribution in [0.15, 0.2) is 47.6 Å². The molecule has 3 rings (SSSR count). The third-order valence-corrected chi connectivity index (χ3v) is 5.66.